The van der Waals surface area contributed by atoms with E-state index in [0.29, 0.717) is 5.69 Å². The van der Waals surface area contributed by atoms with Crippen LogP contribution in [0.15, 0.2) is 36.4 Å². The Hall–Kier alpha value is -3.22. The fourth-order valence-corrected chi connectivity index (χ4v) is 2.44. The lowest BCUT2D eigenvalue weighted by Crippen LogP contribution is -2.22. The van der Waals surface area contributed by atoms with E-state index < -0.39 is 23.4 Å². The molecule has 2 aromatic rings. The lowest BCUT2D eigenvalue weighted by Gasteiger charge is -2.12. The number of ether oxygens (including phenoxy) is 1. The van der Waals surface area contributed by atoms with Gasteiger partial charge in [-0.3, -0.25) is 14.9 Å². The van der Waals surface area contributed by atoms with Gasteiger partial charge in [-0.25, -0.2) is 4.79 Å². The number of hydrogen-bond acceptors (Lipinski definition) is 5. The van der Waals surface area contributed by atoms with Crippen molar-refractivity contribution in [3.63, 3.8) is 0 Å². The van der Waals surface area contributed by atoms with Crippen LogP contribution in [-0.2, 0) is 9.53 Å². The van der Waals surface area contributed by atoms with Gasteiger partial charge in [-0.1, -0.05) is 24.3 Å². The van der Waals surface area contributed by atoms with Crippen molar-refractivity contribution in [2.45, 2.75) is 20.8 Å². The third kappa shape index (κ3) is 4.20. The molecular formula is C18H18N2O5. The van der Waals surface area contributed by atoms with E-state index in [2.05, 4.69) is 5.32 Å². The van der Waals surface area contributed by atoms with Crippen molar-refractivity contribution in [1.82, 2.24) is 0 Å². The molecule has 0 aliphatic heterocycles. The van der Waals surface area contributed by atoms with Gasteiger partial charge in [-0.15, -0.1) is 0 Å². The topological polar surface area (TPSA) is 98.5 Å². The van der Waals surface area contributed by atoms with E-state index >= 15 is 0 Å². The van der Waals surface area contributed by atoms with E-state index in [1.54, 1.807) is 0 Å². The van der Waals surface area contributed by atoms with Crippen molar-refractivity contribution in [2.75, 3.05) is 11.9 Å². The molecule has 0 bridgehead atoms. The summed E-state index contributed by atoms with van der Waals surface area (Å²) in [6, 6.07) is 9.74. The molecule has 0 aromatic heterocycles. The molecule has 2 rings (SSSR count). The Morgan fingerprint density at radius 3 is 2.28 bits per heavy atom. The Morgan fingerprint density at radius 2 is 1.68 bits per heavy atom. The van der Waals surface area contributed by atoms with Crippen LogP contribution in [0, 0.1) is 30.9 Å². The molecule has 1 N–H and O–H groups in total. The molecule has 0 radical (unpaired) electrons. The van der Waals surface area contributed by atoms with Gasteiger partial charge in [0.2, 0.25) is 0 Å². The van der Waals surface area contributed by atoms with Gasteiger partial charge < -0.3 is 10.1 Å². The van der Waals surface area contributed by atoms with Crippen LogP contribution in [-0.4, -0.2) is 23.4 Å². The number of carbonyl (C=O) groups is 2. The highest BCUT2D eigenvalue weighted by atomic mass is 16.6. The van der Waals surface area contributed by atoms with Crippen LogP contribution < -0.4 is 5.32 Å². The largest absolute Gasteiger partial charge is 0.452 e. The van der Waals surface area contributed by atoms with E-state index in [0.717, 1.165) is 11.1 Å². The zero-order valence-electron chi connectivity index (χ0n) is 14.2. The third-order valence-electron chi connectivity index (χ3n) is 3.80. The predicted molar refractivity (Wildman–Crippen MR) is 92.7 cm³/mol. The van der Waals surface area contributed by atoms with Gasteiger partial charge >= 0.3 is 5.97 Å². The van der Waals surface area contributed by atoms with Crippen molar-refractivity contribution >= 4 is 23.3 Å². The second kappa shape index (κ2) is 7.57. The summed E-state index contributed by atoms with van der Waals surface area (Å²) in [5.41, 5.74) is 2.56. The van der Waals surface area contributed by atoms with Crippen LogP contribution in [0.5, 0.6) is 0 Å². The number of benzene rings is 2. The first-order valence-corrected chi connectivity index (χ1v) is 7.58. The Labute approximate surface area is 144 Å². The number of carbonyl (C=O) groups excluding carboxylic acids is 2. The number of anilines is 1. The lowest BCUT2D eigenvalue weighted by molar-refractivity contribution is -0.385. The summed E-state index contributed by atoms with van der Waals surface area (Å²) >= 11 is 0. The Bertz CT molecular complexity index is 825. The molecule has 2 aromatic carbocycles. The molecule has 0 heterocycles. The summed E-state index contributed by atoms with van der Waals surface area (Å²) in [7, 11) is 0. The first-order valence-electron chi connectivity index (χ1n) is 7.58. The van der Waals surface area contributed by atoms with Crippen molar-refractivity contribution in [2.24, 2.45) is 0 Å². The number of rotatable bonds is 5. The summed E-state index contributed by atoms with van der Waals surface area (Å²) in [6.07, 6.45) is 0. The van der Waals surface area contributed by atoms with Crippen molar-refractivity contribution in [3.05, 3.63) is 68.8 Å². The van der Waals surface area contributed by atoms with Crippen LogP contribution in [0.25, 0.3) is 0 Å². The smallest absolute Gasteiger partial charge is 0.339 e. The molecule has 1 amide bonds. The van der Waals surface area contributed by atoms with Crippen LogP contribution in [0.2, 0.25) is 0 Å². The van der Waals surface area contributed by atoms with E-state index in [1.807, 2.05) is 32.0 Å². The number of aryl methyl sites for hydroxylation is 2. The minimum Gasteiger partial charge on any atom is -0.452 e. The molecule has 130 valence electrons. The van der Waals surface area contributed by atoms with Gasteiger partial charge in [0.15, 0.2) is 6.61 Å². The molecule has 7 nitrogen and oxygen atoms in total. The Morgan fingerprint density at radius 1 is 1.08 bits per heavy atom. The van der Waals surface area contributed by atoms with Crippen LogP contribution >= 0.6 is 0 Å². The standard InChI is InChI=1S/C18H18N2O5/c1-11-6-4-7-12(2)17(11)19-16(21)10-25-18(22)14-8-5-9-15(13(14)3)20(23)24/h4-9H,10H2,1-3H3,(H,19,21). The number of nitrogens with one attached hydrogen (secondary N) is 1. The number of nitro benzene ring substituents is 1. The first-order chi connectivity index (χ1) is 11.8. The molecule has 0 unspecified atom stereocenters. The normalized spacial score (nSPS) is 10.2. The molecule has 0 saturated carbocycles. The molecular weight excluding hydrogens is 324 g/mol. The minimum atomic E-state index is -0.780. The van der Waals surface area contributed by atoms with Crippen molar-refractivity contribution in [1.29, 1.82) is 0 Å². The van der Waals surface area contributed by atoms with Gasteiger partial charge in [0.1, 0.15) is 0 Å². The molecule has 0 saturated heterocycles. The number of amides is 1. The van der Waals surface area contributed by atoms with Gasteiger partial charge in [0.25, 0.3) is 11.6 Å². The molecule has 0 atom stereocenters. The van der Waals surface area contributed by atoms with Gasteiger partial charge in [0, 0.05) is 17.3 Å². The number of para-hydroxylation sites is 1. The maximum Gasteiger partial charge on any atom is 0.339 e. The Kier molecular flexibility index (Phi) is 5.49. The second-order valence-electron chi connectivity index (χ2n) is 5.60. The van der Waals surface area contributed by atoms with Crippen LogP contribution in [0.1, 0.15) is 27.0 Å². The lowest BCUT2D eigenvalue weighted by atomic mass is 10.1. The molecule has 25 heavy (non-hydrogen) atoms. The summed E-state index contributed by atoms with van der Waals surface area (Å²) in [4.78, 5) is 34.5. The molecule has 0 aliphatic rings. The highest BCUT2D eigenvalue weighted by molar-refractivity contribution is 5.97. The highest BCUT2D eigenvalue weighted by Crippen LogP contribution is 2.22. The molecule has 0 aliphatic carbocycles. The van der Waals surface area contributed by atoms with Gasteiger partial charge in [-0.2, -0.15) is 0 Å². The number of hydrogen-bond donors (Lipinski definition) is 1. The molecule has 0 spiro atoms. The number of nitro groups is 1. The average Bonchev–Trinajstić information content (AvgIpc) is 2.56. The third-order valence-corrected chi connectivity index (χ3v) is 3.80. The van der Waals surface area contributed by atoms with Crippen LogP contribution in [0.4, 0.5) is 11.4 Å². The van der Waals surface area contributed by atoms with Crippen molar-refractivity contribution < 1.29 is 19.2 Å². The summed E-state index contributed by atoms with van der Waals surface area (Å²) in [6.45, 7) is 4.71. The second-order valence-corrected chi connectivity index (χ2v) is 5.60. The van der Waals surface area contributed by atoms with Crippen molar-refractivity contribution in [3.8, 4) is 0 Å². The number of nitrogens with zero attached hydrogens (tertiary/aromatic N) is 1. The van der Waals surface area contributed by atoms with E-state index in [9.17, 15) is 19.7 Å². The first kappa shape index (κ1) is 18.1. The van der Waals surface area contributed by atoms with Gasteiger partial charge in [0.05, 0.1) is 10.5 Å². The molecule has 0 fully saturated rings. The fraction of sp³-hybridized carbons (Fsp3) is 0.222. The Balaban J connectivity index is 2.04. The number of esters is 1. The zero-order chi connectivity index (χ0) is 18.6. The summed E-state index contributed by atoms with van der Waals surface area (Å²) < 4.78 is 4.98. The van der Waals surface area contributed by atoms with Gasteiger partial charge in [-0.05, 0) is 38.0 Å². The minimum absolute atomic E-state index is 0.0640. The highest BCUT2D eigenvalue weighted by Gasteiger charge is 2.19. The van der Waals surface area contributed by atoms with E-state index in [-0.39, 0.29) is 16.8 Å². The predicted octanol–water partition coefficient (Wildman–Crippen LogP) is 3.32. The zero-order valence-corrected chi connectivity index (χ0v) is 14.2. The quantitative estimate of drug-likeness (QED) is 0.510. The van der Waals surface area contributed by atoms with E-state index in [4.69, 9.17) is 4.74 Å². The maximum absolute atomic E-state index is 12.1. The summed E-state index contributed by atoms with van der Waals surface area (Å²) in [5.74, 6) is -1.26. The molecule has 7 heteroatoms. The SMILES string of the molecule is Cc1cccc(C)c1NC(=O)COC(=O)c1cccc([N+](=O)[O-])c1C. The monoisotopic (exact) mass is 342 g/mol. The maximum atomic E-state index is 12.1. The summed E-state index contributed by atoms with van der Waals surface area (Å²) in [5, 5.41) is 13.6. The van der Waals surface area contributed by atoms with Crippen LogP contribution in [0.3, 0.4) is 0 Å². The fourth-order valence-electron chi connectivity index (χ4n) is 2.44. The van der Waals surface area contributed by atoms with E-state index in [1.165, 1.54) is 25.1 Å². The average molecular weight is 342 g/mol.